The fraction of sp³-hybridized carbons (Fsp3) is 0.692. The average molecular weight is 249 g/mol. The summed E-state index contributed by atoms with van der Waals surface area (Å²) in [6.07, 6.45) is 8.54. The van der Waals surface area contributed by atoms with Crippen LogP contribution in [0, 0.1) is 0 Å². The second kappa shape index (κ2) is 7.35. The number of alkyl halides is 2. The number of allylic oxidation sites excluding steroid dienone is 4. The first-order valence-corrected chi connectivity index (χ1v) is 6.23. The molecule has 0 aromatic rings. The van der Waals surface area contributed by atoms with Crippen LogP contribution in [-0.4, -0.2) is 4.33 Å². The highest BCUT2D eigenvalue weighted by Crippen LogP contribution is 2.26. The fourth-order valence-corrected chi connectivity index (χ4v) is 1.48. The Bertz CT molecular complexity index is 227. The summed E-state index contributed by atoms with van der Waals surface area (Å²) in [5.41, 5.74) is 2.81. The van der Waals surface area contributed by atoms with Crippen molar-refractivity contribution in [1.82, 2.24) is 0 Å². The van der Waals surface area contributed by atoms with Crippen molar-refractivity contribution >= 4 is 23.2 Å². The van der Waals surface area contributed by atoms with Gasteiger partial charge in [0, 0.05) is 0 Å². The van der Waals surface area contributed by atoms with Crippen molar-refractivity contribution < 1.29 is 0 Å². The van der Waals surface area contributed by atoms with Gasteiger partial charge in [-0.25, -0.2) is 0 Å². The third-order valence-electron chi connectivity index (χ3n) is 2.17. The third-order valence-corrected chi connectivity index (χ3v) is 2.55. The van der Waals surface area contributed by atoms with E-state index in [9.17, 15) is 0 Å². The van der Waals surface area contributed by atoms with E-state index in [0.29, 0.717) is 0 Å². The summed E-state index contributed by atoms with van der Waals surface area (Å²) in [6, 6.07) is 0. The predicted octanol–water partition coefficient (Wildman–Crippen LogP) is 5.65. The summed E-state index contributed by atoms with van der Waals surface area (Å²) in [5, 5.41) is 0. The van der Waals surface area contributed by atoms with Crippen LogP contribution in [-0.2, 0) is 0 Å². The molecule has 2 heteroatoms. The molecule has 0 nitrogen and oxygen atoms in total. The monoisotopic (exact) mass is 248 g/mol. The largest absolute Gasteiger partial charge is 0.115 e. The minimum absolute atomic E-state index is 0.587. The molecule has 15 heavy (non-hydrogen) atoms. The standard InChI is InChI=1S/C13H22Cl2/c1-11(2)7-5-8-12(3)9-6-10-13(4,14)15/h7,9H,5-6,8,10H2,1-4H3/b12-9+. The Morgan fingerprint density at radius 3 is 2.13 bits per heavy atom. The van der Waals surface area contributed by atoms with E-state index in [4.69, 9.17) is 23.2 Å². The predicted molar refractivity (Wildman–Crippen MR) is 71.8 cm³/mol. The molecule has 0 fully saturated rings. The van der Waals surface area contributed by atoms with Crippen LogP contribution in [0.4, 0.5) is 0 Å². The molecule has 0 atom stereocenters. The summed E-state index contributed by atoms with van der Waals surface area (Å²) in [6.45, 7) is 8.26. The molecule has 0 aliphatic heterocycles. The van der Waals surface area contributed by atoms with Gasteiger partial charge in [0.05, 0.1) is 0 Å². The van der Waals surface area contributed by atoms with Gasteiger partial charge in [0.25, 0.3) is 0 Å². The SMILES string of the molecule is CC(C)=CCC/C(C)=C/CCC(C)(Cl)Cl. The van der Waals surface area contributed by atoms with Gasteiger partial charge < -0.3 is 0 Å². The first kappa shape index (κ1) is 15.1. The van der Waals surface area contributed by atoms with Crippen molar-refractivity contribution in [2.75, 3.05) is 0 Å². The molecular formula is C13H22Cl2. The van der Waals surface area contributed by atoms with E-state index in [1.165, 1.54) is 11.1 Å². The number of hydrogen-bond donors (Lipinski definition) is 0. The molecule has 0 bridgehead atoms. The van der Waals surface area contributed by atoms with Crippen molar-refractivity contribution in [3.63, 3.8) is 0 Å². The smallest absolute Gasteiger partial charge is 0.102 e. The Labute approximate surface area is 104 Å². The molecule has 88 valence electrons. The zero-order chi connectivity index (χ0) is 11.9. The minimum atomic E-state index is -0.587. The molecule has 0 aliphatic rings. The van der Waals surface area contributed by atoms with Gasteiger partial charge in [-0.3, -0.25) is 0 Å². The molecule has 0 N–H and O–H groups in total. The number of rotatable bonds is 6. The Kier molecular flexibility index (Phi) is 7.38. The van der Waals surface area contributed by atoms with Crippen LogP contribution in [0.1, 0.15) is 53.4 Å². The van der Waals surface area contributed by atoms with Gasteiger partial charge in [0.15, 0.2) is 0 Å². The van der Waals surface area contributed by atoms with E-state index in [-0.39, 0.29) is 0 Å². The van der Waals surface area contributed by atoms with Crippen molar-refractivity contribution in [2.24, 2.45) is 0 Å². The lowest BCUT2D eigenvalue weighted by molar-refractivity contribution is 0.757. The van der Waals surface area contributed by atoms with Gasteiger partial charge in [-0.2, -0.15) is 0 Å². The van der Waals surface area contributed by atoms with Crippen LogP contribution in [0.3, 0.4) is 0 Å². The van der Waals surface area contributed by atoms with E-state index < -0.39 is 4.33 Å². The quantitative estimate of drug-likeness (QED) is 0.421. The van der Waals surface area contributed by atoms with Crippen LogP contribution in [0.15, 0.2) is 23.3 Å². The third kappa shape index (κ3) is 12.0. The second-order valence-corrected chi connectivity index (χ2v) is 6.34. The van der Waals surface area contributed by atoms with Crippen LogP contribution < -0.4 is 0 Å². The van der Waals surface area contributed by atoms with Gasteiger partial charge >= 0.3 is 0 Å². The normalized spacial score (nSPS) is 12.8. The van der Waals surface area contributed by atoms with Crippen LogP contribution in [0.2, 0.25) is 0 Å². The first-order valence-electron chi connectivity index (χ1n) is 5.48. The summed E-state index contributed by atoms with van der Waals surface area (Å²) in [5.74, 6) is 0. The Hall–Kier alpha value is 0.0600. The van der Waals surface area contributed by atoms with Crippen molar-refractivity contribution in [3.05, 3.63) is 23.3 Å². The summed E-state index contributed by atoms with van der Waals surface area (Å²) in [7, 11) is 0. The lowest BCUT2D eigenvalue weighted by Gasteiger charge is -2.10. The Morgan fingerprint density at radius 1 is 1.07 bits per heavy atom. The Morgan fingerprint density at radius 2 is 1.67 bits per heavy atom. The van der Waals surface area contributed by atoms with Gasteiger partial charge in [0.2, 0.25) is 0 Å². The molecule has 0 rings (SSSR count). The highest BCUT2D eigenvalue weighted by molar-refractivity contribution is 6.48. The zero-order valence-electron chi connectivity index (χ0n) is 10.2. The fourth-order valence-electron chi connectivity index (χ4n) is 1.26. The van der Waals surface area contributed by atoms with Crippen molar-refractivity contribution in [1.29, 1.82) is 0 Å². The van der Waals surface area contributed by atoms with Gasteiger partial charge in [-0.15, -0.1) is 23.2 Å². The lowest BCUT2D eigenvalue weighted by Crippen LogP contribution is -2.04. The van der Waals surface area contributed by atoms with E-state index in [1.807, 2.05) is 6.92 Å². The molecule has 0 saturated carbocycles. The second-order valence-electron chi connectivity index (χ2n) is 4.48. The maximum atomic E-state index is 5.89. The zero-order valence-corrected chi connectivity index (χ0v) is 11.8. The molecule has 0 amide bonds. The summed E-state index contributed by atoms with van der Waals surface area (Å²) < 4.78 is -0.587. The van der Waals surface area contributed by atoms with Gasteiger partial charge in [0.1, 0.15) is 4.33 Å². The van der Waals surface area contributed by atoms with Crippen molar-refractivity contribution in [2.45, 2.75) is 57.7 Å². The van der Waals surface area contributed by atoms with E-state index in [2.05, 4.69) is 32.9 Å². The van der Waals surface area contributed by atoms with Crippen LogP contribution >= 0.6 is 23.2 Å². The maximum absolute atomic E-state index is 5.89. The van der Waals surface area contributed by atoms with E-state index >= 15 is 0 Å². The highest BCUT2D eigenvalue weighted by Gasteiger charge is 2.14. The molecule has 0 aliphatic carbocycles. The summed E-state index contributed by atoms with van der Waals surface area (Å²) in [4.78, 5) is 0. The molecule has 0 radical (unpaired) electrons. The van der Waals surface area contributed by atoms with Gasteiger partial charge in [-0.1, -0.05) is 23.3 Å². The molecule has 0 saturated heterocycles. The molecular weight excluding hydrogens is 227 g/mol. The molecule has 0 heterocycles. The minimum Gasteiger partial charge on any atom is -0.102 e. The number of halogens is 2. The highest BCUT2D eigenvalue weighted by atomic mass is 35.5. The van der Waals surface area contributed by atoms with Crippen molar-refractivity contribution in [3.8, 4) is 0 Å². The number of hydrogen-bond acceptors (Lipinski definition) is 0. The molecule has 0 aromatic carbocycles. The van der Waals surface area contributed by atoms with E-state index in [1.54, 1.807) is 0 Å². The lowest BCUT2D eigenvalue weighted by atomic mass is 10.1. The first-order chi connectivity index (χ1) is 6.81. The maximum Gasteiger partial charge on any atom is 0.115 e. The van der Waals surface area contributed by atoms with Crippen LogP contribution in [0.25, 0.3) is 0 Å². The molecule has 0 aromatic heterocycles. The molecule has 0 spiro atoms. The molecule has 0 unspecified atom stereocenters. The summed E-state index contributed by atoms with van der Waals surface area (Å²) >= 11 is 11.8. The van der Waals surface area contributed by atoms with Gasteiger partial charge in [-0.05, 0) is 53.4 Å². The average Bonchev–Trinajstić information content (AvgIpc) is 2.00. The van der Waals surface area contributed by atoms with Crippen LogP contribution in [0.5, 0.6) is 0 Å². The Balaban J connectivity index is 3.75. The topological polar surface area (TPSA) is 0 Å². The van der Waals surface area contributed by atoms with E-state index in [0.717, 1.165) is 25.7 Å².